The van der Waals surface area contributed by atoms with Gasteiger partial charge in [-0.3, -0.25) is 4.79 Å². The number of allylic oxidation sites excluding steroid dienone is 2. The van der Waals surface area contributed by atoms with Crippen molar-refractivity contribution in [3.05, 3.63) is 77.4 Å². The molecule has 0 saturated heterocycles. The van der Waals surface area contributed by atoms with Crippen LogP contribution in [-0.2, 0) is 11.8 Å². The number of carbonyl (C=O) groups is 1. The summed E-state index contributed by atoms with van der Waals surface area (Å²) in [6.45, 7) is 9.81. The molecule has 2 aromatic carbocycles. The summed E-state index contributed by atoms with van der Waals surface area (Å²) in [6, 6.07) is 9.83. The predicted molar refractivity (Wildman–Crippen MR) is 102 cm³/mol. The molecule has 0 saturated carbocycles. The number of aryl methyl sites for hydroxylation is 1. The molecule has 2 N–H and O–H groups in total. The molecule has 0 spiro atoms. The highest BCUT2D eigenvalue weighted by Crippen LogP contribution is 2.34. The van der Waals surface area contributed by atoms with E-state index in [0.717, 1.165) is 23.1 Å². The second-order valence-electron chi connectivity index (χ2n) is 6.59. The molecule has 3 nitrogen and oxygen atoms in total. The standard InChI is InChI=1S/C22H24O3/c1-5-15-14-21(25)19(22(3,4)6-2)13-17(15)9-12-20(24)16-7-10-18(23)11-8-16/h6-14,23,25H,2,5H2,1,3-4H3/b12-9+. The first-order valence-electron chi connectivity index (χ1n) is 8.30. The zero-order valence-corrected chi connectivity index (χ0v) is 14.9. The van der Waals surface area contributed by atoms with Gasteiger partial charge in [-0.1, -0.05) is 32.9 Å². The Balaban J connectivity index is 2.40. The molecule has 0 unspecified atom stereocenters. The van der Waals surface area contributed by atoms with Gasteiger partial charge in [0, 0.05) is 16.5 Å². The van der Waals surface area contributed by atoms with Crippen LogP contribution in [0.15, 0.2) is 55.1 Å². The van der Waals surface area contributed by atoms with Crippen LogP contribution in [-0.4, -0.2) is 16.0 Å². The summed E-state index contributed by atoms with van der Waals surface area (Å²) in [4.78, 5) is 12.3. The Bertz CT molecular complexity index is 812. The zero-order valence-electron chi connectivity index (χ0n) is 14.9. The van der Waals surface area contributed by atoms with Crippen LogP contribution in [0.1, 0.15) is 47.8 Å². The number of ketones is 1. The van der Waals surface area contributed by atoms with Crippen LogP contribution < -0.4 is 0 Å². The first-order chi connectivity index (χ1) is 11.8. The summed E-state index contributed by atoms with van der Waals surface area (Å²) in [5.74, 6) is 0.229. The van der Waals surface area contributed by atoms with E-state index in [1.54, 1.807) is 30.4 Å². The largest absolute Gasteiger partial charge is 0.508 e. The number of rotatable bonds is 6. The van der Waals surface area contributed by atoms with Crippen LogP contribution in [0.2, 0.25) is 0 Å². The zero-order chi connectivity index (χ0) is 18.6. The summed E-state index contributed by atoms with van der Waals surface area (Å²) in [5.41, 5.74) is 2.78. The van der Waals surface area contributed by atoms with Crippen molar-refractivity contribution >= 4 is 11.9 Å². The van der Waals surface area contributed by atoms with Crippen molar-refractivity contribution in [3.8, 4) is 11.5 Å². The first kappa shape index (κ1) is 18.5. The second-order valence-corrected chi connectivity index (χ2v) is 6.59. The minimum absolute atomic E-state index is 0.128. The van der Waals surface area contributed by atoms with Crippen LogP contribution >= 0.6 is 0 Å². The lowest BCUT2D eigenvalue weighted by atomic mass is 9.82. The van der Waals surface area contributed by atoms with Crippen molar-refractivity contribution in [2.45, 2.75) is 32.6 Å². The van der Waals surface area contributed by atoms with Gasteiger partial charge in [0.1, 0.15) is 11.5 Å². The number of phenols is 2. The molecule has 0 aliphatic rings. The molecule has 25 heavy (non-hydrogen) atoms. The highest BCUT2D eigenvalue weighted by molar-refractivity contribution is 6.06. The maximum absolute atomic E-state index is 12.3. The number of aromatic hydroxyl groups is 2. The van der Waals surface area contributed by atoms with Crippen LogP contribution in [0, 0.1) is 0 Å². The molecule has 0 amide bonds. The van der Waals surface area contributed by atoms with Crippen LogP contribution in [0.4, 0.5) is 0 Å². The van der Waals surface area contributed by atoms with Gasteiger partial charge in [-0.25, -0.2) is 0 Å². The van der Waals surface area contributed by atoms with E-state index < -0.39 is 0 Å². The molecule has 0 aliphatic carbocycles. The summed E-state index contributed by atoms with van der Waals surface area (Å²) >= 11 is 0. The summed E-state index contributed by atoms with van der Waals surface area (Å²) in [5, 5.41) is 19.6. The van der Waals surface area contributed by atoms with Gasteiger partial charge in [-0.05, 0) is 60.0 Å². The molecular weight excluding hydrogens is 312 g/mol. The quantitative estimate of drug-likeness (QED) is 0.442. The van der Waals surface area contributed by atoms with E-state index in [1.807, 2.05) is 26.8 Å². The predicted octanol–water partition coefficient (Wildman–Crippen LogP) is 5.02. The molecule has 0 bridgehead atoms. The van der Waals surface area contributed by atoms with Crippen molar-refractivity contribution in [2.24, 2.45) is 0 Å². The van der Waals surface area contributed by atoms with E-state index in [9.17, 15) is 15.0 Å². The average Bonchev–Trinajstić information content (AvgIpc) is 2.60. The smallest absolute Gasteiger partial charge is 0.185 e. The van der Waals surface area contributed by atoms with Gasteiger partial charge in [-0.2, -0.15) is 0 Å². The Morgan fingerprint density at radius 2 is 1.80 bits per heavy atom. The minimum Gasteiger partial charge on any atom is -0.508 e. The molecule has 0 atom stereocenters. The molecule has 3 heteroatoms. The van der Waals surface area contributed by atoms with E-state index in [0.29, 0.717) is 5.56 Å². The van der Waals surface area contributed by atoms with Gasteiger partial charge < -0.3 is 10.2 Å². The van der Waals surface area contributed by atoms with Crippen molar-refractivity contribution in [3.63, 3.8) is 0 Å². The lowest BCUT2D eigenvalue weighted by molar-refractivity contribution is 0.104. The third kappa shape index (κ3) is 4.18. The average molecular weight is 336 g/mol. The fourth-order valence-electron chi connectivity index (χ4n) is 2.62. The highest BCUT2D eigenvalue weighted by atomic mass is 16.3. The normalized spacial score (nSPS) is 11.6. The number of hydrogen-bond acceptors (Lipinski definition) is 3. The maximum atomic E-state index is 12.3. The number of hydrogen-bond donors (Lipinski definition) is 2. The number of phenolic OH excluding ortho intramolecular Hbond substituents is 2. The maximum Gasteiger partial charge on any atom is 0.185 e. The Hall–Kier alpha value is -2.81. The number of benzene rings is 2. The van der Waals surface area contributed by atoms with Crippen molar-refractivity contribution in [1.82, 2.24) is 0 Å². The van der Waals surface area contributed by atoms with Gasteiger partial charge in [-0.15, -0.1) is 6.58 Å². The lowest BCUT2D eigenvalue weighted by Crippen LogP contribution is -2.13. The van der Waals surface area contributed by atoms with Gasteiger partial charge in [0.2, 0.25) is 0 Å². The van der Waals surface area contributed by atoms with Gasteiger partial charge >= 0.3 is 0 Å². The van der Waals surface area contributed by atoms with E-state index >= 15 is 0 Å². The molecule has 0 heterocycles. The second kappa shape index (κ2) is 7.39. The third-order valence-corrected chi connectivity index (χ3v) is 4.41. The molecule has 0 radical (unpaired) electrons. The first-order valence-corrected chi connectivity index (χ1v) is 8.30. The van der Waals surface area contributed by atoms with Crippen molar-refractivity contribution in [1.29, 1.82) is 0 Å². The Labute approximate surface area is 149 Å². The van der Waals surface area contributed by atoms with Gasteiger partial charge in [0.15, 0.2) is 5.78 Å². The van der Waals surface area contributed by atoms with Crippen molar-refractivity contribution < 1.29 is 15.0 Å². The SMILES string of the molecule is C=CC(C)(C)c1cc(/C=C/C(=O)c2ccc(O)cc2)c(CC)cc1O. The van der Waals surface area contributed by atoms with Crippen LogP contribution in [0.25, 0.3) is 6.08 Å². The van der Waals surface area contributed by atoms with Gasteiger partial charge in [0.05, 0.1) is 0 Å². The fourth-order valence-corrected chi connectivity index (χ4v) is 2.62. The Morgan fingerprint density at radius 1 is 1.16 bits per heavy atom. The highest BCUT2D eigenvalue weighted by Gasteiger charge is 2.21. The lowest BCUT2D eigenvalue weighted by Gasteiger charge is -2.23. The third-order valence-electron chi connectivity index (χ3n) is 4.41. The Kier molecular flexibility index (Phi) is 5.48. The van der Waals surface area contributed by atoms with E-state index in [1.165, 1.54) is 18.2 Å². The summed E-state index contributed by atoms with van der Waals surface area (Å²) < 4.78 is 0. The van der Waals surface area contributed by atoms with E-state index in [2.05, 4.69) is 6.58 Å². The molecule has 0 aliphatic heterocycles. The Morgan fingerprint density at radius 3 is 2.36 bits per heavy atom. The molecule has 2 rings (SSSR count). The van der Waals surface area contributed by atoms with Gasteiger partial charge in [0.25, 0.3) is 0 Å². The minimum atomic E-state index is -0.375. The summed E-state index contributed by atoms with van der Waals surface area (Å²) in [6.07, 6.45) is 5.83. The summed E-state index contributed by atoms with van der Waals surface area (Å²) in [7, 11) is 0. The molecule has 0 fully saturated rings. The molecule has 0 aromatic heterocycles. The molecule has 130 valence electrons. The van der Waals surface area contributed by atoms with Crippen molar-refractivity contribution in [2.75, 3.05) is 0 Å². The van der Waals surface area contributed by atoms with E-state index in [4.69, 9.17) is 0 Å². The van der Waals surface area contributed by atoms with E-state index in [-0.39, 0.29) is 22.7 Å². The molecular formula is C22H24O3. The topological polar surface area (TPSA) is 57.5 Å². The van der Waals surface area contributed by atoms with Crippen LogP contribution in [0.3, 0.4) is 0 Å². The number of carbonyl (C=O) groups excluding carboxylic acids is 1. The van der Waals surface area contributed by atoms with Crippen LogP contribution in [0.5, 0.6) is 11.5 Å². The monoisotopic (exact) mass is 336 g/mol. The molecule has 2 aromatic rings. The fraction of sp³-hybridized carbons (Fsp3) is 0.227.